The van der Waals surface area contributed by atoms with E-state index in [1.165, 1.54) is 32.9 Å². The molecule has 3 rings (SSSR count). The molecule has 0 atom stereocenters. The Balaban J connectivity index is 1.87. The molecule has 9 heteroatoms. The van der Waals surface area contributed by atoms with Gasteiger partial charge in [-0.05, 0) is 12.1 Å². The monoisotopic (exact) mass is 413 g/mol. The van der Waals surface area contributed by atoms with Crippen LogP contribution in [-0.4, -0.2) is 35.1 Å². The summed E-state index contributed by atoms with van der Waals surface area (Å²) in [4.78, 5) is 24.3. The SMILES string of the molecule is CO/C=C(/C(=O)OC)c1ccccc1Oc1cc(Oc2cccc(Cl)n2)ncn1. The van der Waals surface area contributed by atoms with Crippen molar-refractivity contribution >= 4 is 23.1 Å². The summed E-state index contributed by atoms with van der Waals surface area (Å²) in [5.41, 5.74) is 0.665. The topological polar surface area (TPSA) is 92.7 Å². The smallest absolute Gasteiger partial charge is 0.341 e. The zero-order chi connectivity index (χ0) is 20.6. The van der Waals surface area contributed by atoms with Crippen LogP contribution in [0.4, 0.5) is 0 Å². The highest BCUT2D eigenvalue weighted by molar-refractivity contribution is 6.29. The lowest BCUT2D eigenvalue weighted by Gasteiger charge is -2.12. The normalized spacial score (nSPS) is 10.9. The van der Waals surface area contributed by atoms with Crippen LogP contribution in [0, 0.1) is 0 Å². The molecule has 2 aromatic heterocycles. The Labute approximate surface area is 171 Å². The second-order valence-corrected chi connectivity index (χ2v) is 5.84. The summed E-state index contributed by atoms with van der Waals surface area (Å²) in [5.74, 6) is 0.487. The number of methoxy groups -OCH3 is 2. The largest absolute Gasteiger partial charge is 0.503 e. The van der Waals surface area contributed by atoms with Crippen molar-refractivity contribution < 1.29 is 23.7 Å². The van der Waals surface area contributed by atoms with Crippen LogP contribution < -0.4 is 9.47 Å². The molecule has 0 saturated heterocycles. The molecule has 0 N–H and O–H groups in total. The van der Waals surface area contributed by atoms with Crippen LogP contribution in [-0.2, 0) is 14.3 Å². The molecule has 0 aliphatic heterocycles. The molecule has 1 aromatic carbocycles. The number of ether oxygens (including phenoxy) is 4. The molecule has 0 saturated carbocycles. The first kappa shape index (κ1) is 20.1. The fourth-order valence-corrected chi connectivity index (χ4v) is 2.48. The first-order chi connectivity index (χ1) is 14.1. The first-order valence-electron chi connectivity index (χ1n) is 8.31. The second-order valence-electron chi connectivity index (χ2n) is 5.45. The van der Waals surface area contributed by atoms with Crippen molar-refractivity contribution in [3.63, 3.8) is 0 Å². The molecule has 0 amide bonds. The number of esters is 1. The van der Waals surface area contributed by atoms with Gasteiger partial charge in [0, 0.05) is 11.6 Å². The fourth-order valence-electron chi connectivity index (χ4n) is 2.33. The number of halogens is 1. The highest BCUT2D eigenvalue weighted by Gasteiger charge is 2.18. The number of para-hydroxylation sites is 1. The predicted octanol–water partition coefficient (Wildman–Crippen LogP) is 4.27. The minimum absolute atomic E-state index is 0.194. The molecule has 0 bridgehead atoms. The van der Waals surface area contributed by atoms with E-state index in [1.807, 2.05) is 0 Å². The average Bonchev–Trinajstić information content (AvgIpc) is 2.72. The van der Waals surface area contributed by atoms with Gasteiger partial charge < -0.3 is 18.9 Å². The zero-order valence-corrected chi connectivity index (χ0v) is 16.3. The minimum atomic E-state index is -0.568. The van der Waals surface area contributed by atoms with E-state index in [1.54, 1.807) is 42.5 Å². The fraction of sp³-hybridized carbons (Fsp3) is 0.100. The van der Waals surface area contributed by atoms with Crippen molar-refractivity contribution in [2.75, 3.05) is 14.2 Å². The quantitative estimate of drug-likeness (QED) is 0.245. The van der Waals surface area contributed by atoms with Crippen LogP contribution in [0.5, 0.6) is 23.4 Å². The van der Waals surface area contributed by atoms with Gasteiger partial charge in [0.1, 0.15) is 22.8 Å². The molecule has 0 fully saturated rings. The van der Waals surface area contributed by atoms with Gasteiger partial charge in [-0.1, -0.05) is 35.9 Å². The average molecular weight is 414 g/mol. The number of pyridine rings is 1. The second kappa shape index (κ2) is 9.52. The molecule has 29 heavy (non-hydrogen) atoms. The third-order valence-electron chi connectivity index (χ3n) is 3.55. The third-order valence-corrected chi connectivity index (χ3v) is 3.76. The maximum atomic E-state index is 12.1. The first-order valence-corrected chi connectivity index (χ1v) is 8.69. The highest BCUT2D eigenvalue weighted by Crippen LogP contribution is 2.31. The standard InChI is InChI=1S/C20H16ClN3O5/c1-26-11-14(20(25)27-2)13-6-3-4-7-15(13)28-18-10-19(23-12-22-18)29-17-9-5-8-16(21)24-17/h3-12H,1-2H3/b14-11+. The van der Waals surface area contributed by atoms with Gasteiger partial charge in [0.2, 0.25) is 17.6 Å². The number of aromatic nitrogens is 3. The maximum absolute atomic E-state index is 12.1. The molecule has 0 radical (unpaired) electrons. The number of carbonyl (C=O) groups excluding carboxylic acids is 1. The summed E-state index contributed by atoms with van der Waals surface area (Å²) < 4.78 is 21.2. The Kier molecular flexibility index (Phi) is 6.59. The molecular formula is C20H16ClN3O5. The Morgan fingerprint density at radius 2 is 1.72 bits per heavy atom. The van der Waals surface area contributed by atoms with Crippen LogP contribution >= 0.6 is 11.6 Å². The molecule has 8 nitrogen and oxygen atoms in total. The lowest BCUT2D eigenvalue weighted by atomic mass is 10.1. The molecule has 0 spiro atoms. The van der Waals surface area contributed by atoms with E-state index >= 15 is 0 Å². The highest BCUT2D eigenvalue weighted by atomic mass is 35.5. The van der Waals surface area contributed by atoms with Crippen molar-refractivity contribution in [1.29, 1.82) is 0 Å². The van der Waals surface area contributed by atoms with Gasteiger partial charge in [-0.2, -0.15) is 0 Å². The van der Waals surface area contributed by atoms with Crippen molar-refractivity contribution in [1.82, 2.24) is 15.0 Å². The molecule has 2 heterocycles. The van der Waals surface area contributed by atoms with Gasteiger partial charge in [0.15, 0.2) is 0 Å². The summed E-state index contributed by atoms with van der Waals surface area (Å²) in [6, 6.07) is 13.4. The van der Waals surface area contributed by atoms with E-state index in [-0.39, 0.29) is 23.2 Å². The summed E-state index contributed by atoms with van der Waals surface area (Å²) in [6.45, 7) is 0. The Bertz CT molecular complexity index is 1040. The number of carbonyl (C=O) groups is 1. The summed E-state index contributed by atoms with van der Waals surface area (Å²) in [6.07, 6.45) is 2.57. The van der Waals surface area contributed by atoms with Crippen LogP contribution in [0.3, 0.4) is 0 Å². The van der Waals surface area contributed by atoms with E-state index < -0.39 is 5.97 Å². The number of benzene rings is 1. The van der Waals surface area contributed by atoms with Crippen LogP contribution in [0.2, 0.25) is 5.15 Å². The van der Waals surface area contributed by atoms with Crippen molar-refractivity contribution in [2.45, 2.75) is 0 Å². The van der Waals surface area contributed by atoms with E-state index in [0.29, 0.717) is 16.5 Å². The lowest BCUT2D eigenvalue weighted by Crippen LogP contribution is -2.06. The Morgan fingerprint density at radius 1 is 0.966 bits per heavy atom. The van der Waals surface area contributed by atoms with Gasteiger partial charge in [-0.15, -0.1) is 0 Å². The van der Waals surface area contributed by atoms with Crippen LogP contribution in [0.25, 0.3) is 5.57 Å². The van der Waals surface area contributed by atoms with E-state index in [9.17, 15) is 4.79 Å². The molecule has 3 aromatic rings. The molecule has 0 unspecified atom stereocenters. The van der Waals surface area contributed by atoms with Gasteiger partial charge in [-0.25, -0.2) is 19.7 Å². The summed E-state index contributed by atoms with van der Waals surface area (Å²) in [7, 11) is 2.72. The van der Waals surface area contributed by atoms with Crippen molar-refractivity contribution in [2.24, 2.45) is 0 Å². The van der Waals surface area contributed by atoms with Crippen LogP contribution in [0.1, 0.15) is 5.56 Å². The van der Waals surface area contributed by atoms with E-state index in [0.717, 1.165) is 0 Å². The van der Waals surface area contributed by atoms with Crippen LogP contribution in [0.15, 0.2) is 61.1 Å². The summed E-state index contributed by atoms with van der Waals surface area (Å²) >= 11 is 5.86. The maximum Gasteiger partial charge on any atom is 0.341 e. The number of hydrogen-bond donors (Lipinski definition) is 0. The predicted molar refractivity (Wildman–Crippen MR) is 105 cm³/mol. The number of rotatable bonds is 7. The van der Waals surface area contributed by atoms with Gasteiger partial charge in [-0.3, -0.25) is 0 Å². The van der Waals surface area contributed by atoms with Gasteiger partial charge >= 0.3 is 5.97 Å². The molecule has 148 valence electrons. The minimum Gasteiger partial charge on any atom is -0.503 e. The Morgan fingerprint density at radius 3 is 2.45 bits per heavy atom. The van der Waals surface area contributed by atoms with Gasteiger partial charge in [0.25, 0.3) is 0 Å². The van der Waals surface area contributed by atoms with E-state index in [4.69, 9.17) is 30.5 Å². The van der Waals surface area contributed by atoms with Crippen molar-refractivity contribution in [3.8, 4) is 23.4 Å². The number of hydrogen-bond acceptors (Lipinski definition) is 8. The molecule has 0 aliphatic carbocycles. The van der Waals surface area contributed by atoms with E-state index in [2.05, 4.69) is 15.0 Å². The lowest BCUT2D eigenvalue weighted by molar-refractivity contribution is -0.133. The zero-order valence-electron chi connectivity index (χ0n) is 15.5. The third kappa shape index (κ3) is 5.20. The Hall–Kier alpha value is -3.65. The van der Waals surface area contributed by atoms with Gasteiger partial charge in [0.05, 0.1) is 26.5 Å². The molecular weight excluding hydrogens is 398 g/mol. The number of nitrogens with zero attached hydrogens (tertiary/aromatic N) is 3. The molecule has 0 aliphatic rings. The van der Waals surface area contributed by atoms with Crippen molar-refractivity contribution in [3.05, 3.63) is 71.8 Å². The summed E-state index contributed by atoms with van der Waals surface area (Å²) in [5, 5.41) is 0.294.